The first-order valence-corrected chi connectivity index (χ1v) is 7.57. The summed E-state index contributed by atoms with van der Waals surface area (Å²) in [5.41, 5.74) is 1.55. The first-order chi connectivity index (χ1) is 11.5. The first-order valence-electron chi connectivity index (χ1n) is 7.57. The maximum Gasteiger partial charge on any atom is 0.311 e. The Kier molecular flexibility index (Phi) is 3.12. The van der Waals surface area contributed by atoms with E-state index in [1.54, 1.807) is 0 Å². The van der Waals surface area contributed by atoms with Crippen molar-refractivity contribution in [2.45, 2.75) is 18.8 Å². The predicted molar refractivity (Wildman–Crippen MR) is 85.6 cm³/mol. The van der Waals surface area contributed by atoms with Crippen molar-refractivity contribution in [3.63, 3.8) is 0 Å². The Hall–Kier alpha value is -3.16. The van der Waals surface area contributed by atoms with E-state index in [-0.39, 0.29) is 17.8 Å². The van der Waals surface area contributed by atoms with Gasteiger partial charge in [-0.25, -0.2) is 0 Å². The van der Waals surface area contributed by atoms with Gasteiger partial charge in [-0.2, -0.15) is 4.98 Å². The van der Waals surface area contributed by atoms with E-state index in [0.29, 0.717) is 12.5 Å². The molecule has 0 fully saturated rings. The fourth-order valence-corrected chi connectivity index (χ4v) is 3.26. The molecular formula is C16H14N4O4. The van der Waals surface area contributed by atoms with E-state index in [1.807, 2.05) is 29.2 Å². The third kappa shape index (κ3) is 2.15. The second-order valence-corrected chi connectivity index (χ2v) is 5.83. The standard InChI is InChI=1S/C16H14N4O4/c21-11-7-9(15(23)24)12-13(17-11)18-16(19-14(12)22)20-6-5-8-3-1-2-4-10(8)20/h1-4,9H,5-7H2,(H,23,24)(H2,17,18,19,21,22)/t9-/m0/s1. The Balaban J connectivity index is 1.83. The lowest BCUT2D eigenvalue weighted by atomic mass is 9.94. The zero-order chi connectivity index (χ0) is 16.8. The van der Waals surface area contributed by atoms with E-state index in [1.165, 1.54) is 0 Å². The van der Waals surface area contributed by atoms with Crippen LogP contribution in [0, 0.1) is 0 Å². The van der Waals surface area contributed by atoms with Crippen molar-refractivity contribution >= 4 is 29.3 Å². The lowest BCUT2D eigenvalue weighted by molar-refractivity contribution is -0.140. The van der Waals surface area contributed by atoms with Crippen molar-refractivity contribution in [1.29, 1.82) is 0 Å². The van der Waals surface area contributed by atoms with Crippen molar-refractivity contribution in [2.75, 3.05) is 16.8 Å². The highest BCUT2D eigenvalue weighted by Crippen LogP contribution is 2.34. The van der Waals surface area contributed by atoms with Crippen LogP contribution in [-0.4, -0.2) is 33.5 Å². The molecule has 3 N–H and O–H groups in total. The average Bonchev–Trinajstić information content (AvgIpc) is 2.97. The fraction of sp³-hybridized carbons (Fsp3) is 0.250. The molecule has 0 saturated heterocycles. The molecule has 2 aromatic rings. The van der Waals surface area contributed by atoms with Crippen LogP contribution >= 0.6 is 0 Å². The molecule has 1 atom stereocenters. The molecule has 0 aliphatic carbocycles. The number of aliphatic carboxylic acids is 1. The summed E-state index contributed by atoms with van der Waals surface area (Å²) in [6.45, 7) is 0.650. The van der Waals surface area contributed by atoms with Crippen LogP contribution in [0.3, 0.4) is 0 Å². The van der Waals surface area contributed by atoms with E-state index >= 15 is 0 Å². The molecule has 1 aromatic heterocycles. The molecule has 24 heavy (non-hydrogen) atoms. The number of benzene rings is 1. The number of H-pyrrole nitrogens is 1. The predicted octanol–water partition coefficient (Wildman–Crippen LogP) is 0.974. The molecule has 2 aliphatic rings. The lowest BCUT2D eigenvalue weighted by Gasteiger charge is -2.24. The van der Waals surface area contributed by atoms with Crippen molar-refractivity contribution in [3.05, 3.63) is 45.7 Å². The second kappa shape index (κ2) is 5.19. The van der Waals surface area contributed by atoms with Gasteiger partial charge in [-0.3, -0.25) is 19.4 Å². The van der Waals surface area contributed by atoms with E-state index in [4.69, 9.17) is 0 Å². The Labute approximate surface area is 136 Å². The maximum absolute atomic E-state index is 12.4. The Morgan fingerprint density at radius 2 is 2.08 bits per heavy atom. The van der Waals surface area contributed by atoms with Crippen molar-refractivity contribution < 1.29 is 14.7 Å². The van der Waals surface area contributed by atoms with E-state index in [9.17, 15) is 19.5 Å². The van der Waals surface area contributed by atoms with Gasteiger partial charge in [0.25, 0.3) is 5.56 Å². The summed E-state index contributed by atoms with van der Waals surface area (Å²) in [6, 6.07) is 7.79. The molecule has 1 amide bonds. The van der Waals surface area contributed by atoms with Gasteiger partial charge in [0.1, 0.15) is 5.82 Å². The molecule has 8 nitrogen and oxygen atoms in total. The average molecular weight is 326 g/mol. The molecule has 122 valence electrons. The summed E-state index contributed by atoms with van der Waals surface area (Å²) in [6.07, 6.45) is 0.556. The van der Waals surface area contributed by atoms with Gasteiger partial charge in [0.15, 0.2) is 0 Å². The minimum atomic E-state index is -1.21. The van der Waals surface area contributed by atoms with Gasteiger partial charge in [-0.1, -0.05) is 18.2 Å². The maximum atomic E-state index is 12.4. The van der Waals surface area contributed by atoms with Gasteiger partial charge < -0.3 is 15.3 Å². The normalized spacial score (nSPS) is 18.8. The van der Waals surface area contributed by atoms with Crippen LogP contribution in [0.5, 0.6) is 0 Å². The summed E-state index contributed by atoms with van der Waals surface area (Å²) in [5, 5.41) is 11.8. The largest absolute Gasteiger partial charge is 0.481 e. The minimum absolute atomic E-state index is 0.00154. The second-order valence-electron chi connectivity index (χ2n) is 5.83. The summed E-state index contributed by atoms with van der Waals surface area (Å²) < 4.78 is 0. The third-order valence-corrected chi connectivity index (χ3v) is 4.38. The SMILES string of the molecule is O=C1C[C@H](C(=O)O)c2c(nc(N3CCc4ccccc43)[nH]c2=O)N1. The molecule has 8 heteroatoms. The highest BCUT2D eigenvalue weighted by Gasteiger charge is 2.35. The number of hydrogen-bond acceptors (Lipinski definition) is 5. The lowest BCUT2D eigenvalue weighted by Crippen LogP contribution is -2.35. The van der Waals surface area contributed by atoms with E-state index < -0.39 is 23.4 Å². The quantitative estimate of drug-likeness (QED) is 0.757. The van der Waals surface area contributed by atoms with Crippen molar-refractivity contribution in [3.8, 4) is 0 Å². The topological polar surface area (TPSA) is 115 Å². The molecule has 0 saturated carbocycles. The van der Waals surface area contributed by atoms with Gasteiger partial charge in [-0.15, -0.1) is 0 Å². The fourth-order valence-electron chi connectivity index (χ4n) is 3.26. The Bertz CT molecular complexity index is 921. The van der Waals surface area contributed by atoms with Gasteiger partial charge >= 0.3 is 5.97 Å². The number of carbonyl (C=O) groups is 2. The number of aromatic amines is 1. The number of carboxylic acid groups (broad SMARTS) is 1. The Morgan fingerprint density at radius 3 is 2.88 bits per heavy atom. The molecule has 1 aromatic carbocycles. The van der Waals surface area contributed by atoms with E-state index in [0.717, 1.165) is 17.7 Å². The van der Waals surface area contributed by atoms with E-state index in [2.05, 4.69) is 15.3 Å². The Morgan fingerprint density at radius 1 is 1.29 bits per heavy atom. The zero-order valence-electron chi connectivity index (χ0n) is 12.6. The highest BCUT2D eigenvalue weighted by molar-refractivity contribution is 5.98. The van der Waals surface area contributed by atoms with Crippen LogP contribution in [0.4, 0.5) is 17.5 Å². The third-order valence-electron chi connectivity index (χ3n) is 4.38. The van der Waals surface area contributed by atoms with Gasteiger partial charge in [0.05, 0.1) is 11.5 Å². The molecule has 3 heterocycles. The van der Waals surface area contributed by atoms with Crippen molar-refractivity contribution in [1.82, 2.24) is 9.97 Å². The number of carbonyl (C=O) groups excluding carboxylic acids is 1. The van der Waals surface area contributed by atoms with Crippen LogP contribution < -0.4 is 15.8 Å². The number of para-hydroxylation sites is 1. The number of aromatic nitrogens is 2. The van der Waals surface area contributed by atoms with Crippen molar-refractivity contribution in [2.24, 2.45) is 0 Å². The number of nitrogens with one attached hydrogen (secondary N) is 2. The summed E-state index contributed by atoms with van der Waals surface area (Å²) in [7, 11) is 0. The van der Waals surface area contributed by atoms with Gasteiger partial charge in [0.2, 0.25) is 11.9 Å². The smallest absolute Gasteiger partial charge is 0.311 e. The van der Waals surface area contributed by atoms with Crippen LogP contribution in [0.25, 0.3) is 0 Å². The number of fused-ring (bicyclic) bond motifs is 2. The van der Waals surface area contributed by atoms with Crippen LogP contribution in [0.2, 0.25) is 0 Å². The van der Waals surface area contributed by atoms with Crippen LogP contribution in [0.15, 0.2) is 29.1 Å². The molecule has 2 aliphatic heterocycles. The summed E-state index contributed by atoms with van der Waals surface area (Å²) >= 11 is 0. The first kappa shape index (κ1) is 14.4. The molecule has 4 rings (SSSR count). The zero-order valence-corrected chi connectivity index (χ0v) is 12.6. The number of rotatable bonds is 2. The van der Waals surface area contributed by atoms with Gasteiger partial charge in [0, 0.05) is 18.7 Å². The summed E-state index contributed by atoms with van der Waals surface area (Å²) in [4.78, 5) is 44.4. The molecule has 0 unspecified atom stereocenters. The van der Waals surface area contributed by atoms with Crippen LogP contribution in [0.1, 0.15) is 23.5 Å². The minimum Gasteiger partial charge on any atom is -0.481 e. The molecule has 0 radical (unpaired) electrons. The molecular weight excluding hydrogens is 312 g/mol. The number of anilines is 3. The number of hydrogen-bond donors (Lipinski definition) is 3. The van der Waals surface area contributed by atoms with Crippen LogP contribution in [-0.2, 0) is 16.0 Å². The number of carboxylic acids is 1. The number of amides is 1. The van der Waals surface area contributed by atoms with Gasteiger partial charge in [-0.05, 0) is 18.1 Å². The molecule has 0 spiro atoms. The summed E-state index contributed by atoms with van der Waals surface area (Å²) in [5.74, 6) is -2.51. The number of nitrogens with zero attached hydrogens (tertiary/aromatic N) is 2. The molecule has 0 bridgehead atoms. The highest BCUT2D eigenvalue weighted by atomic mass is 16.4. The monoisotopic (exact) mass is 326 g/mol.